The third-order valence-electron chi connectivity index (χ3n) is 2.09. The van der Waals surface area contributed by atoms with E-state index in [1.807, 2.05) is 18.2 Å². The standard InChI is InChI=1S/C12H8ClNO2/c13-10-6-9-5-8(2-4-12(15)16)1-3-11(9)14-7-10/h1-7H,(H,15,16)/b4-2+. The maximum Gasteiger partial charge on any atom is 0.328 e. The summed E-state index contributed by atoms with van der Waals surface area (Å²) in [7, 11) is 0. The predicted octanol–water partition coefficient (Wildman–Crippen LogP) is 2.99. The summed E-state index contributed by atoms with van der Waals surface area (Å²) in [5.41, 5.74) is 1.64. The van der Waals surface area contributed by atoms with E-state index in [4.69, 9.17) is 16.7 Å². The summed E-state index contributed by atoms with van der Waals surface area (Å²) in [5, 5.41) is 9.96. The second-order valence-electron chi connectivity index (χ2n) is 3.28. The van der Waals surface area contributed by atoms with E-state index in [2.05, 4.69) is 4.98 Å². The van der Waals surface area contributed by atoms with Crippen molar-refractivity contribution in [3.05, 3.63) is 47.1 Å². The summed E-state index contributed by atoms with van der Waals surface area (Å²) in [4.78, 5) is 14.5. The fourth-order valence-electron chi connectivity index (χ4n) is 1.39. The monoisotopic (exact) mass is 233 g/mol. The number of hydrogen-bond acceptors (Lipinski definition) is 2. The Morgan fingerprint density at radius 1 is 1.38 bits per heavy atom. The van der Waals surface area contributed by atoms with Gasteiger partial charge in [0.05, 0.1) is 10.5 Å². The first-order valence-electron chi connectivity index (χ1n) is 4.61. The molecular formula is C12H8ClNO2. The number of carboxylic acids is 1. The lowest BCUT2D eigenvalue weighted by Gasteiger charge is -1.99. The fourth-order valence-corrected chi connectivity index (χ4v) is 1.56. The summed E-state index contributed by atoms with van der Waals surface area (Å²) >= 11 is 5.82. The Balaban J connectivity index is 2.46. The zero-order valence-electron chi connectivity index (χ0n) is 8.22. The number of rotatable bonds is 2. The Bertz CT molecular complexity index is 578. The van der Waals surface area contributed by atoms with E-state index in [0.717, 1.165) is 22.5 Å². The molecule has 0 spiro atoms. The Hall–Kier alpha value is -1.87. The molecule has 2 aromatic rings. The van der Waals surface area contributed by atoms with Gasteiger partial charge in [0, 0.05) is 17.7 Å². The topological polar surface area (TPSA) is 50.2 Å². The molecule has 0 amide bonds. The number of benzene rings is 1. The number of halogens is 1. The number of aromatic nitrogens is 1. The van der Waals surface area contributed by atoms with Crippen LogP contribution in [0.5, 0.6) is 0 Å². The van der Waals surface area contributed by atoms with Crippen LogP contribution in [-0.2, 0) is 4.79 Å². The summed E-state index contributed by atoms with van der Waals surface area (Å²) in [6.07, 6.45) is 4.21. The van der Waals surface area contributed by atoms with Crippen LogP contribution < -0.4 is 0 Å². The molecule has 0 radical (unpaired) electrons. The highest BCUT2D eigenvalue weighted by Crippen LogP contribution is 2.18. The quantitative estimate of drug-likeness (QED) is 0.812. The lowest BCUT2D eigenvalue weighted by Crippen LogP contribution is -1.86. The number of hydrogen-bond donors (Lipinski definition) is 1. The molecule has 16 heavy (non-hydrogen) atoms. The van der Waals surface area contributed by atoms with E-state index < -0.39 is 5.97 Å². The van der Waals surface area contributed by atoms with Crippen molar-refractivity contribution in [2.75, 3.05) is 0 Å². The zero-order chi connectivity index (χ0) is 11.5. The van der Waals surface area contributed by atoms with Crippen molar-refractivity contribution < 1.29 is 9.90 Å². The Labute approximate surface area is 97.0 Å². The Kier molecular flexibility index (Phi) is 2.88. The van der Waals surface area contributed by atoms with E-state index in [1.165, 1.54) is 6.08 Å². The number of nitrogens with zero attached hydrogens (tertiary/aromatic N) is 1. The van der Waals surface area contributed by atoms with Gasteiger partial charge in [-0.15, -0.1) is 0 Å². The second kappa shape index (κ2) is 4.33. The zero-order valence-corrected chi connectivity index (χ0v) is 8.98. The van der Waals surface area contributed by atoms with Gasteiger partial charge in [0.2, 0.25) is 0 Å². The van der Waals surface area contributed by atoms with Gasteiger partial charge in [0.15, 0.2) is 0 Å². The summed E-state index contributed by atoms with van der Waals surface area (Å²) in [6, 6.07) is 7.27. The molecule has 3 nitrogen and oxygen atoms in total. The molecule has 2 rings (SSSR count). The first kappa shape index (κ1) is 10.6. The van der Waals surface area contributed by atoms with Crippen LogP contribution in [0.2, 0.25) is 5.02 Å². The minimum atomic E-state index is -0.968. The van der Waals surface area contributed by atoms with Gasteiger partial charge in [-0.2, -0.15) is 0 Å². The summed E-state index contributed by atoms with van der Waals surface area (Å²) in [6.45, 7) is 0. The Morgan fingerprint density at radius 3 is 2.94 bits per heavy atom. The molecule has 80 valence electrons. The first-order valence-corrected chi connectivity index (χ1v) is 4.99. The van der Waals surface area contributed by atoms with E-state index >= 15 is 0 Å². The molecule has 0 bridgehead atoms. The lowest BCUT2D eigenvalue weighted by molar-refractivity contribution is -0.131. The van der Waals surface area contributed by atoms with Crippen molar-refractivity contribution in [2.45, 2.75) is 0 Å². The highest BCUT2D eigenvalue weighted by atomic mass is 35.5. The van der Waals surface area contributed by atoms with Crippen LogP contribution in [0.3, 0.4) is 0 Å². The van der Waals surface area contributed by atoms with Crippen LogP contribution in [0.4, 0.5) is 0 Å². The molecule has 0 unspecified atom stereocenters. The highest BCUT2D eigenvalue weighted by molar-refractivity contribution is 6.31. The molecule has 0 fully saturated rings. The minimum Gasteiger partial charge on any atom is -0.478 e. The Morgan fingerprint density at radius 2 is 2.19 bits per heavy atom. The summed E-state index contributed by atoms with van der Waals surface area (Å²) in [5.74, 6) is -0.968. The predicted molar refractivity (Wildman–Crippen MR) is 63.4 cm³/mol. The molecule has 1 N–H and O–H groups in total. The van der Waals surface area contributed by atoms with Crippen molar-refractivity contribution in [3.63, 3.8) is 0 Å². The van der Waals surface area contributed by atoms with Crippen molar-refractivity contribution in [2.24, 2.45) is 0 Å². The number of aliphatic carboxylic acids is 1. The molecule has 0 aliphatic heterocycles. The van der Waals surface area contributed by atoms with Gasteiger partial charge in [-0.25, -0.2) is 4.79 Å². The second-order valence-corrected chi connectivity index (χ2v) is 3.71. The van der Waals surface area contributed by atoms with Gasteiger partial charge in [-0.1, -0.05) is 17.7 Å². The summed E-state index contributed by atoms with van der Waals surface area (Å²) < 4.78 is 0. The molecule has 0 aliphatic rings. The largest absolute Gasteiger partial charge is 0.478 e. The molecule has 0 saturated carbocycles. The normalized spacial score (nSPS) is 11.1. The third-order valence-corrected chi connectivity index (χ3v) is 2.30. The number of pyridine rings is 1. The molecule has 1 aromatic carbocycles. The van der Waals surface area contributed by atoms with E-state index in [1.54, 1.807) is 12.3 Å². The molecule has 1 heterocycles. The van der Waals surface area contributed by atoms with Gasteiger partial charge >= 0.3 is 5.97 Å². The number of carboxylic acid groups (broad SMARTS) is 1. The van der Waals surface area contributed by atoms with Crippen LogP contribution in [0.25, 0.3) is 17.0 Å². The van der Waals surface area contributed by atoms with Crippen LogP contribution in [0, 0.1) is 0 Å². The highest BCUT2D eigenvalue weighted by Gasteiger charge is 1.97. The molecular weight excluding hydrogens is 226 g/mol. The van der Waals surface area contributed by atoms with Gasteiger partial charge in [-0.05, 0) is 29.8 Å². The minimum absolute atomic E-state index is 0.562. The van der Waals surface area contributed by atoms with E-state index in [9.17, 15) is 4.79 Å². The lowest BCUT2D eigenvalue weighted by atomic mass is 10.1. The van der Waals surface area contributed by atoms with E-state index in [-0.39, 0.29) is 0 Å². The molecule has 4 heteroatoms. The smallest absolute Gasteiger partial charge is 0.328 e. The number of carbonyl (C=O) groups is 1. The van der Waals surface area contributed by atoms with Gasteiger partial charge < -0.3 is 5.11 Å². The third kappa shape index (κ3) is 2.38. The van der Waals surface area contributed by atoms with Gasteiger partial charge in [0.25, 0.3) is 0 Å². The fraction of sp³-hybridized carbons (Fsp3) is 0. The molecule has 1 aromatic heterocycles. The average molecular weight is 234 g/mol. The first-order chi connectivity index (χ1) is 7.65. The van der Waals surface area contributed by atoms with Crippen molar-refractivity contribution >= 4 is 34.5 Å². The molecule has 0 saturated heterocycles. The van der Waals surface area contributed by atoms with Crippen molar-refractivity contribution in [1.29, 1.82) is 0 Å². The maximum atomic E-state index is 10.4. The average Bonchev–Trinajstić information content (AvgIpc) is 2.25. The van der Waals surface area contributed by atoms with Gasteiger partial charge in [0.1, 0.15) is 0 Å². The molecule has 0 atom stereocenters. The SMILES string of the molecule is O=C(O)/C=C/c1ccc2ncc(Cl)cc2c1. The van der Waals surface area contributed by atoms with Crippen LogP contribution in [0.15, 0.2) is 36.5 Å². The number of fused-ring (bicyclic) bond motifs is 1. The van der Waals surface area contributed by atoms with Crippen LogP contribution in [-0.4, -0.2) is 16.1 Å². The van der Waals surface area contributed by atoms with Crippen molar-refractivity contribution in [3.8, 4) is 0 Å². The van der Waals surface area contributed by atoms with Crippen LogP contribution in [0.1, 0.15) is 5.56 Å². The van der Waals surface area contributed by atoms with Crippen LogP contribution >= 0.6 is 11.6 Å². The van der Waals surface area contributed by atoms with E-state index in [0.29, 0.717) is 5.02 Å². The molecule has 0 aliphatic carbocycles. The van der Waals surface area contributed by atoms with Gasteiger partial charge in [-0.3, -0.25) is 4.98 Å². The van der Waals surface area contributed by atoms with Crippen molar-refractivity contribution in [1.82, 2.24) is 4.98 Å². The maximum absolute atomic E-state index is 10.4.